The molecule has 3 rings (SSSR count). The normalized spacial score (nSPS) is 11.1. The molecule has 0 bridgehead atoms. The minimum absolute atomic E-state index is 0.445. The number of rotatable bonds is 2. The van der Waals surface area contributed by atoms with Gasteiger partial charge in [0.2, 0.25) is 0 Å². The predicted octanol–water partition coefficient (Wildman–Crippen LogP) is 3.69. The molecule has 2 N–H and O–H groups in total. The molecule has 0 saturated carbocycles. The van der Waals surface area contributed by atoms with E-state index in [9.17, 15) is 0 Å². The summed E-state index contributed by atoms with van der Waals surface area (Å²) in [7, 11) is 0. The number of anilines is 1. The number of nitrogens with zero attached hydrogens (tertiary/aromatic N) is 2. The SMILES string of the molecule is CCc1nc(N)cc(-c2cc3cc(Cl)ccc3o2)n1. The molecule has 0 radical (unpaired) electrons. The third-order valence-corrected chi connectivity index (χ3v) is 3.07. The Morgan fingerprint density at radius 1 is 1.21 bits per heavy atom. The molecule has 0 aliphatic carbocycles. The fraction of sp³-hybridized carbons (Fsp3) is 0.143. The molecule has 0 spiro atoms. The van der Waals surface area contributed by atoms with Gasteiger partial charge in [-0.05, 0) is 24.3 Å². The number of nitrogen functional groups attached to an aromatic ring is 1. The Morgan fingerprint density at radius 2 is 2.05 bits per heavy atom. The summed E-state index contributed by atoms with van der Waals surface area (Å²) in [6, 6.07) is 9.10. The number of hydrogen-bond donors (Lipinski definition) is 1. The van der Waals surface area contributed by atoms with Crippen LogP contribution < -0.4 is 5.73 Å². The Kier molecular flexibility index (Phi) is 2.87. The van der Waals surface area contributed by atoms with E-state index in [1.54, 1.807) is 12.1 Å². The van der Waals surface area contributed by atoms with Crippen molar-refractivity contribution >= 4 is 28.4 Å². The number of aryl methyl sites for hydroxylation is 1. The summed E-state index contributed by atoms with van der Waals surface area (Å²) < 4.78 is 5.76. The van der Waals surface area contributed by atoms with Crippen LogP contribution in [0.4, 0.5) is 5.82 Å². The Hall–Kier alpha value is -2.07. The number of aromatic nitrogens is 2. The van der Waals surface area contributed by atoms with Crippen molar-refractivity contribution < 1.29 is 4.42 Å². The Labute approximate surface area is 115 Å². The van der Waals surface area contributed by atoms with Gasteiger partial charge in [-0.2, -0.15) is 0 Å². The van der Waals surface area contributed by atoms with E-state index in [-0.39, 0.29) is 0 Å². The summed E-state index contributed by atoms with van der Waals surface area (Å²) in [5.41, 5.74) is 7.24. The van der Waals surface area contributed by atoms with E-state index < -0.39 is 0 Å². The first-order valence-electron chi connectivity index (χ1n) is 5.98. The van der Waals surface area contributed by atoms with Gasteiger partial charge in [-0.25, -0.2) is 9.97 Å². The molecule has 0 atom stereocenters. The number of furan rings is 1. The number of benzene rings is 1. The van der Waals surface area contributed by atoms with Crippen LogP contribution in [0.3, 0.4) is 0 Å². The van der Waals surface area contributed by atoms with E-state index in [1.165, 1.54) is 0 Å². The number of nitrogens with two attached hydrogens (primary N) is 1. The molecule has 0 fully saturated rings. The molecule has 2 heterocycles. The van der Waals surface area contributed by atoms with Gasteiger partial charge in [-0.1, -0.05) is 18.5 Å². The van der Waals surface area contributed by atoms with E-state index in [2.05, 4.69) is 9.97 Å². The van der Waals surface area contributed by atoms with Crippen molar-refractivity contribution in [3.8, 4) is 11.5 Å². The zero-order chi connectivity index (χ0) is 13.4. The molecule has 0 amide bonds. The first kappa shape index (κ1) is 12.0. The van der Waals surface area contributed by atoms with Crippen LogP contribution in [0.25, 0.3) is 22.4 Å². The van der Waals surface area contributed by atoms with E-state index in [4.69, 9.17) is 21.8 Å². The lowest BCUT2D eigenvalue weighted by Crippen LogP contribution is -1.99. The summed E-state index contributed by atoms with van der Waals surface area (Å²) in [5, 5.41) is 1.62. The molecular weight excluding hydrogens is 262 g/mol. The Morgan fingerprint density at radius 3 is 2.84 bits per heavy atom. The van der Waals surface area contributed by atoms with Crippen molar-refractivity contribution in [1.82, 2.24) is 9.97 Å². The van der Waals surface area contributed by atoms with Crippen molar-refractivity contribution in [3.05, 3.63) is 41.2 Å². The topological polar surface area (TPSA) is 64.9 Å². The zero-order valence-electron chi connectivity index (χ0n) is 10.4. The van der Waals surface area contributed by atoms with Gasteiger partial charge in [-0.3, -0.25) is 0 Å². The zero-order valence-corrected chi connectivity index (χ0v) is 11.1. The first-order valence-corrected chi connectivity index (χ1v) is 6.36. The highest BCUT2D eigenvalue weighted by molar-refractivity contribution is 6.31. The van der Waals surface area contributed by atoms with Gasteiger partial charge in [0, 0.05) is 22.9 Å². The van der Waals surface area contributed by atoms with Gasteiger partial charge in [0.1, 0.15) is 22.9 Å². The van der Waals surface area contributed by atoms with Gasteiger partial charge in [-0.15, -0.1) is 0 Å². The quantitative estimate of drug-likeness (QED) is 0.773. The van der Waals surface area contributed by atoms with Crippen LogP contribution in [-0.4, -0.2) is 9.97 Å². The van der Waals surface area contributed by atoms with Crippen LogP contribution in [0, 0.1) is 0 Å². The summed E-state index contributed by atoms with van der Waals surface area (Å²) in [6.45, 7) is 1.98. The number of fused-ring (bicyclic) bond motifs is 1. The van der Waals surface area contributed by atoms with Crippen molar-refractivity contribution in [3.63, 3.8) is 0 Å². The molecule has 0 aliphatic heterocycles. The maximum atomic E-state index is 5.96. The van der Waals surface area contributed by atoms with Crippen molar-refractivity contribution in [2.45, 2.75) is 13.3 Å². The van der Waals surface area contributed by atoms with E-state index >= 15 is 0 Å². The van der Waals surface area contributed by atoms with E-state index in [1.807, 2.05) is 25.1 Å². The molecule has 19 heavy (non-hydrogen) atoms. The second kappa shape index (κ2) is 4.55. The lowest BCUT2D eigenvalue weighted by Gasteiger charge is -2.01. The largest absolute Gasteiger partial charge is 0.454 e. The minimum Gasteiger partial charge on any atom is -0.454 e. The summed E-state index contributed by atoms with van der Waals surface area (Å²) in [4.78, 5) is 8.57. The maximum absolute atomic E-state index is 5.96. The second-order valence-corrected chi connectivity index (χ2v) is 4.68. The van der Waals surface area contributed by atoms with Gasteiger partial charge in [0.05, 0.1) is 0 Å². The molecule has 3 aromatic rings. The highest BCUT2D eigenvalue weighted by Crippen LogP contribution is 2.29. The minimum atomic E-state index is 0.445. The standard InChI is InChI=1S/C14H12ClN3O/c1-2-14-17-10(7-13(16)18-14)12-6-8-5-9(15)3-4-11(8)19-12/h3-7H,2H2,1H3,(H2,16,17,18). The van der Waals surface area contributed by atoms with Gasteiger partial charge < -0.3 is 10.2 Å². The van der Waals surface area contributed by atoms with Gasteiger partial charge in [0.15, 0.2) is 5.76 Å². The first-order chi connectivity index (χ1) is 9.15. The third kappa shape index (κ3) is 2.27. The maximum Gasteiger partial charge on any atom is 0.154 e. The van der Waals surface area contributed by atoms with Crippen LogP contribution >= 0.6 is 11.6 Å². The molecule has 96 valence electrons. The molecule has 0 aliphatic rings. The van der Waals surface area contributed by atoms with Crippen LogP contribution in [0.5, 0.6) is 0 Å². The number of hydrogen-bond acceptors (Lipinski definition) is 4. The lowest BCUT2D eigenvalue weighted by atomic mass is 10.2. The highest BCUT2D eigenvalue weighted by Gasteiger charge is 2.10. The average molecular weight is 274 g/mol. The van der Waals surface area contributed by atoms with Crippen molar-refractivity contribution in [1.29, 1.82) is 0 Å². The Balaban J connectivity index is 2.15. The predicted molar refractivity (Wildman–Crippen MR) is 76.0 cm³/mol. The van der Waals surface area contributed by atoms with Crippen LogP contribution in [0.2, 0.25) is 5.02 Å². The summed E-state index contributed by atoms with van der Waals surface area (Å²) in [6.07, 6.45) is 0.726. The van der Waals surface area contributed by atoms with Crippen LogP contribution in [0.1, 0.15) is 12.7 Å². The van der Waals surface area contributed by atoms with Gasteiger partial charge >= 0.3 is 0 Å². The van der Waals surface area contributed by atoms with E-state index in [0.717, 1.165) is 17.4 Å². The molecule has 5 heteroatoms. The molecule has 4 nitrogen and oxygen atoms in total. The smallest absolute Gasteiger partial charge is 0.154 e. The molecule has 1 aromatic carbocycles. The fourth-order valence-electron chi connectivity index (χ4n) is 1.94. The van der Waals surface area contributed by atoms with Crippen LogP contribution in [-0.2, 0) is 6.42 Å². The molecule has 0 unspecified atom stereocenters. The number of halogens is 1. The third-order valence-electron chi connectivity index (χ3n) is 2.84. The molecule has 2 aromatic heterocycles. The van der Waals surface area contributed by atoms with Crippen molar-refractivity contribution in [2.75, 3.05) is 5.73 Å². The summed E-state index contributed by atoms with van der Waals surface area (Å²) in [5.74, 6) is 1.81. The van der Waals surface area contributed by atoms with E-state index in [0.29, 0.717) is 28.1 Å². The van der Waals surface area contributed by atoms with Gasteiger partial charge in [0.25, 0.3) is 0 Å². The highest BCUT2D eigenvalue weighted by atomic mass is 35.5. The Bertz CT molecular complexity index is 752. The molecular formula is C14H12ClN3O. The second-order valence-electron chi connectivity index (χ2n) is 4.24. The lowest BCUT2D eigenvalue weighted by molar-refractivity contribution is 0.627. The molecule has 0 saturated heterocycles. The van der Waals surface area contributed by atoms with Crippen molar-refractivity contribution in [2.24, 2.45) is 0 Å². The fourth-order valence-corrected chi connectivity index (χ4v) is 2.12. The van der Waals surface area contributed by atoms with Crippen LogP contribution in [0.15, 0.2) is 34.7 Å². The summed E-state index contributed by atoms with van der Waals surface area (Å²) >= 11 is 5.96. The average Bonchev–Trinajstić information content (AvgIpc) is 2.80. The monoisotopic (exact) mass is 273 g/mol.